The summed E-state index contributed by atoms with van der Waals surface area (Å²) in [6.07, 6.45) is 3.76. The Morgan fingerprint density at radius 2 is 1.63 bits per heavy atom. The Morgan fingerprint density at radius 1 is 0.917 bits per heavy atom. The molecule has 2 bridgehead atoms. The van der Waals surface area contributed by atoms with E-state index in [1.807, 2.05) is 36.4 Å². The fourth-order valence-corrected chi connectivity index (χ4v) is 9.95. The fourth-order valence-electron chi connectivity index (χ4n) is 8.06. The third-order valence-electron chi connectivity index (χ3n) is 11.3. The Morgan fingerprint density at radius 3 is 2.33 bits per heavy atom. The number of nitrogens with zero attached hydrogens (tertiary/aromatic N) is 1. The second-order valence-electron chi connectivity index (χ2n) is 17.0. The Kier molecular flexibility index (Phi) is 16.7. The van der Waals surface area contributed by atoms with Crippen LogP contribution in [0.4, 0.5) is 0 Å². The second kappa shape index (κ2) is 21.7. The van der Waals surface area contributed by atoms with Gasteiger partial charge in [-0.05, 0) is 78.5 Å². The maximum absolute atomic E-state index is 14.7. The van der Waals surface area contributed by atoms with Crippen LogP contribution in [0.3, 0.4) is 0 Å². The summed E-state index contributed by atoms with van der Waals surface area (Å²) in [4.78, 5) is 84.7. The van der Waals surface area contributed by atoms with Gasteiger partial charge in [-0.25, -0.2) is 0 Å². The first-order chi connectivity index (χ1) is 28.6. The summed E-state index contributed by atoms with van der Waals surface area (Å²) in [5, 5.41) is 21.8. The number of guanidine groups is 1. The van der Waals surface area contributed by atoms with Crippen LogP contribution >= 0.6 is 23.5 Å². The number of amides is 6. The smallest absolute Gasteiger partial charge is 0.244 e. The number of nitrogens with one attached hydrogen (secondary N) is 6. The molecule has 2 unspecified atom stereocenters. The largest absolute Gasteiger partial charge is 0.370 e. The van der Waals surface area contributed by atoms with Crippen molar-refractivity contribution in [3.8, 4) is 0 Å². The molecule has 2 aromatic carbocycles. The lowest BCUT2D eigenvalue weighted by Gasteiger charge is -2.34. The van der Waals surface area contributed by atoms with Gasteiger partial charge in [-0.2, -0.15) is 23.5 Å². The number of aryl methyl sites for hydroxylation is 1. The summed E-state index contributed by atoms with van der Waals surface area (Å²) in [5.41, 5.74) is 14.8. The van der Waals surface area contributed by atoms with E-state index in [1.54, 1.807) is 37.4 Å². The molecule has 1 fully saturated rings. The first kappa shape index (κ1) is 46.3. The molecular weight excluding hydrogens is 803 g/mol. The highest BCUT2D eigenvalue weighted by atomic mass is 32.2. The average molecular weight is 864 g/mol. The van der Waals surface area contributed by atoms with Crippen LogP contribution in [-0.2, 0) is 53.1 Å². The van der Waals surface area contributed by atoms with E-state index in [9.17, 15) is 28.8 Å². The quantitative estimate of drug-likeness (QED) is 0.0983. The van der Waals surface area contributed by atoms with Crippen LogP contribution in [0, 0.1) is 16.7 Å². The predicted octanol–water partition coefficient (Wildman–Crippen LogP) is 2.09. The second-order valence-corrected chi connectivity index (χ2v) is 19.1. The van der Waals surface area contributed by atoms with E-state index in [4.69, 9.17) is 16.9 Å². The number of hydrogen-bond donors (Lipinski definition) is 8. The van der Waals surface area contributed by atoms with Crippen molar-refractivity contribution >= 4 is 64.9 Å². The van der Waals surface area contributed by atoms with Crippen molar-refractivity contribution in [1.29, 1.82) is 5.41 Å². The van der Waals surface area contributed by atoms with Crippen LogP contribution in [0.25, 0.3) is 0 Å². The first-order valence-electron chi connectivity index (χ1n) is 20.8. The molecule has 60 heavy (non-hydrogen) atoms. The topological polar surface area (TPSA) is 242 Å². The molecule has 17 heteroatoms. The number of thioether (sulfide) groups is 2. The fraction of sp³-hybridized carbons (Fsp3) is 0.558. The van der Waals surface area contributed by atoms with Gasteiger partial charge in [0.15, 0.2) is 5.96 Å². The van der Waals surface area contributed by atoms with Crippen LogP contribution in [-0.4, -0.2) is 101 Å². The summed E-state index contributed by atoms with van der Waals surface area (Å²) >= 11 is 3.11. The van der Waals surface area contributed by atoms with Crippen molar-refractivity contribution in [2.45, 2.75) is 114 Å². The van der Waals surface area contributed by atoms with Gasteiger partial charge in [0.25, 0.3) is 0 Å². The zero-order valence-corrected chi connectivity index (χ0v) is 36.5. The number of fused-ring (bicyclic) bond motifs is 4. The molecule has 10 N–H and O–H groups in total. The van der Waals surface area contributed by atoms with Gasteiger partial charge in [-0.1, -0.05) is 69.3 Å². The minimum Gasteiger partial charge on any atom is -0.370 e. The van der Waals surface area contributed by atoms with Gasteiger partial charge >= 0.3 is 0 Å². The molecule has 326 valence electrons. The Labute approximate surface area is 361 Å². The van der Waals surface area contributed by atoms with E-state index in [2.05, 4.69) is 38.7 Å². The van der Waals surface area contributed by atoms with Crippen molar-refractivity contribution in [2.75, 3.05) is 24.6 Å². The summed E-state index contributed by atoms with van der Waals surface area (Å²) in [6, 6.07) is 11.1. The summed E-state index contributed by atoms with van der Waals surface area (Å²) in [5.74, 6) is -1.55. The number of rotatable bonds is 10. The first-order valence-corrected chi connectivity index (χ1v) is 23.1. The number of benzene rings is 2. The summed E-state index contributed by atoms with van der Waals surface area (Å²) < 4.78 is 0. The minimum atomic E-state index is -1.14. The molecule has 0 aromatic heterocycles. The molecule has 5 rings (SSSR count). The summed E-state index contributed by atoms with van der Waals surface area (Å²) in [7, 11) is 0. The molecule has 2 heterocycles. The van der Waals surface area contributed by atoms with Crippen LogP contribution in [0.1, 0.15) is 81.5 Å². The standard InChI is InChI=1S/C43H61N9O6S2/c1-43(2,3)36(37(44)54)51-38(55)31(13-7-18-47-42(45)46)48-39(56)32-25-60-24-27-10-6-9-26(21-27)23-59-20-17-34(53)52-19-8-14-33(52)40(57)50-35(41(58)49-32)30-16-15-28-11-4-5-12-29(28)22-30/h4-6,9-12,21,30-33,35-36H,7-8,13-20,22-25H2,1-3H3,(H2,44,54)(H,48,56)(H,49,58)(H,50,57)(H,51,55)(H4,45,46,47)/t30?,31-,32-,33-,35?,36+/m0/s1. The van der Waals surface area contributed by atoms with Gasteiger partial charge in [0.2, 0.25) is 35.4 Å². The molecule has 2 aliphatic heterocycles. The van der Waals surface area contributed by atoms with Crippen LogP contribution < -0.4 is 38.1 Å². The lowest BCUT2D eigenvalue weighted by molar-refractivity contribution is -0.140. The van der Waals surface area contributed by atoms with Gasteiger partial charge in [0, 0.05) is 42.5 Å². The molecule has 2 aromatic rings. The summed E-state index contributed by atoms with van der Waals surface area (Å²) in [6.45, 7) is 6.00. The molecule has 6 amide bonds. The maximum atomic E-state index is 14.7. The lowest BCUT2D eigenvalue weighted by atomic mass is 9.79. The molecule has 0 radical (unpaired) electrons. The van der Waals surface area contributed by atoms with Crippen LogP contribution in [0.5, 0.6) is 0 Å². The molecule has 1 saturated heterocycles. The Bertz CT molecular complexity index is 1890. The molecule has 15 nitrogen and oxygen atoms in total. The molecule has 1 aliphatic carbocycles. The molecule has 0 spiro atoms. The SMILES string of the molecule is CC(C)(C)[C@H](NC(=O)[C@H](CCCNC(=N)N)NC(=O)[C@@H]1CSCc2cccc(c2)CSCCC(=O)N2CCC[C@H]2C(=O)NC(C2CCc3ccccc3C2)C(=O)N1)C(N)=O. The number of carbonyl (C=O) groups excluding carboxylic acids is 6. The average Bonchev–Trinajstić information content (AvgIpc) is 3.71. The van der Waals surface area contributed by atoms with Crippen molar-refractivity contribution in [3.05, 3.63) is 70.8 Å². The number of primary amides is 1. The van der Waals surface area contributed by atoms with Crippen molar-refractivity contribution < 1.29 is 28.8 Å². The van der Waals surface area contributed by atoms with Crippen molar-refractivity contribution in [3.63, 3.8) is 0 Å². The van der Waals surface area contributed by atoms with E-state index in [1.165, 1.54) is 17.3 Å². The van der Waals surface area contributed by atoms with Gasteiger partial charge in [-0.15, -0.1) is 0 Å². The number of carbonyl (C=O) groups is 6. The highest BCUT2D eigenvalue weighted by Crippen LogP contribution is 2.29. The molecule has 3 aliphatic rings. The van der Waals surface area contributed by atoms with Gasteiger partial charge in [0.1, 0.15) is 30.2 Å². The van der Waals surface area contributed by atoms with Gasteiger partial charge < -0.3 is 43.0 Å². The van der Waals surface area contributed by atoms with Crippen LogP contribution in [0.15, 0.2) is 48.5 Å². The van der Waals surface area contributed by atoms with E-state index >= 15 is 0 Å². The van der Waals surface area contributed by atoms with Crippen molar-refractivity contribution in [1.82, 2.24) is 31.5 Å². The number of hydrogen-bond acceptors (Lipinski definition) is 9. The monoisotopic (exact) mass is 863 g/mol. The van der Waals surface area contributed by atoms with Crippen molar-refractivity contribution in [2.24, 2.45) is 22.8 Å². The molecule has 0 saturated carbocycles. The Balaban J connectivity index is 1.46. The van der Waals surface area contributed by atoms with E-state index in [0.717, 1.165) is 16.7 Å². The highest BCUT2D eigenvalue weighted by Gasteiger charge is 2.40. The zero-order chi connectivity index (χ0) is 43.4. The number of nitrogens with two attached hydrogens (primary N) is 2. The minimum absolute atomic E-state index is 0.0899. The zero-order valence-electron chi connectivity index (χ0n) is 34.9. The van der Waals surface area contributed by atoms with Crippen LogP contribution in [0.2, 0.25) is 0 Å². The maximum Gasteiger partial charge on any atom is 0.244 e. The Hall–Kier alpha value is -4.77. The molecule has 6 atom stereocenters. The predicted molar refractivity (Wildman–Crippen MR) is 236 cm³/mol. The van der Waals surface area contributed by atoms with Gasteiger partial charge in [0.05, 0.1) is 0 Å². The lowest BCUT2D eigenvalue weighted by Crippen LogP contribution is -2.61. The van der Waals surface area contributed by atoms with E-state index < -0.39 is 65.2 Å². The van der Waals surface area contributed by atoms with E-state index in [-0.39, 0.29) is 36.5 Å². The van der Waals surface area contributed by atoms with E-state index in [0.29, 0.717) is 68.7 Å². The highest BCUT2D eigenvalue weighted by molar-refractivity contribution is 7.98. The molecular formula is C43H61N9O6S2. The third-order valence-corrected chi connectivity index (χ3v) is 13.4. The normalized spacial score (nSPS) is 22.9. The third kappa shape index (κ3) is 13.1. The van der Waals surface area contributed by atoms with Gasteiger partial charge in [-0.3, -0.25) is 34.2 Å².